The molecular weight excluding hydrogens is 584 g/mol. The molecule has 0 radical (unpaired) electrons. The Morgan fingerprint density at radius 3 is 1.43 bits per heavy atom. The fourth-order valence-electron chi connectivity index (χ4n) is 4.95. The van der Waals surface area contributed by atoms with Crippen molar-refractivity contribution in [1.82, 2.24) is 0 Å². The highest BCUT2D eigenvalue weighted by molar-refractivity contribution is 7.21. The van der Waals surface area contributed by atoms with Gasteiger partial charge in [0.1, 0.15) is 10.0 Å². The normalized spacial score (nSPS) is 12.0. The van der Waals surface area contributed by atoms with Gasteiger partial charge < -0.3 is 33.6 Å². The van der Waals surface area contributed by atoms with E-state index in [1.165, 1.54) is 106 Å². The van der Waals surface area contributed by atoms with Crippen LogP contribution in [0.25, 0.3) is 0 Å². The van der Waals surface area contributed by atoms with Crippen molar-refractivity contribution >= 4 is 55.7 Å². The van der Waals surface area contributed by atoms with E-state index >= 15 is 0 Å². The lowest BCUT2D eigenvalue weighted by atomic mass is 9.95. The van der Waals surface area contributed by atoms with E-state index in [0.717, 1.165) is 23.2 Å². The first kappa shape index (κ1) is 39.3. The van der Waals surface area contributed by atoms with Crippen LogP contribution in [-0.4, -0.2) is 13.1 Å². The molecule has 44 heavy (non-hydrogen) atoms. The Labute approximate surface area is 277 Å². The van der Waals surface area contributed by atoms with E-state index < -0.39 is 0 Å². The minimum Gasteiger partial charge on any atom is -0.399 e. The van der Waals surface area contributed by atoms with Crippen LogP contribution in [0.4, 0.5) is 32.8 Å². The number of benzene rings is 2. The van der Waals surface area contributed by atoms with Crippen molar-refractivity contribution in [3.05, 3.63) is 59.1 Å². The number of aryl methyl sites for hydroxylation is 1. The predicted octanol–water partition coefficient (Wildman–Crippen LogP) is 10.3. The number of nitrogen functional groups attached to an aromatic ring is 5. The Kier molecular flexibility index (Phi) is 20.2. The van der Waals surface area contributed by atoms with Gasteiger partial charge in [-0.1, -0.05) is 115 Å². The van der Waals surface area contributed by atoms with E-state index in [2.05, 4.69) is 63.8 Å². The number of nitrogens with two attached hydrogens (primary N) is 5. The van der Waals surface area contributed by atoms with Gasteiger partial charge in [0.15, 0.2) is 0 Å². The molecule has 1 aromatic heterocycles. The molecule has 0 saturated carbocycles. The summed E-state index contributed by atoms with van der Waals surface area (Å²) in [6.07, 6.45) is 14.2. The second-order valence-electron chi connectivity index (χ2n) is 11.7. The second kappa shape index (κ2) is 22.7. The Morgan fingerprint density at radius 2 is 1.09 bits per heavy atom. The topological polar surface area (TPSA) is 133 Å². The van der Waals surface area contributed by atoms with Gasteiger partial charge in [-0.3, -0.25) is 0 Å². The molecule has 0 aliphatic heterocycles. The molecule has 248 valence electrons. The van der Waals surface area contributed by atoms with Crippen LogP contribution in [0.3, 0.4) is 0 Å². The van der Waals surface area contributed by atoms with Gasteiger partial charge in [0.05, 0.1) is 10.7 Å². The number of nitrogens with zero attached hydrogens (tertiary/aromatic N) is 1. The molecule has 0 aliphatic carbocycles. The summed E-state index contributed by atoms with van der Waals surface area (Å²) in [5, 5.41) is 1.33. The molecule has 1 heterocycles. The number of rotatable bonds is 16. The smallest absolute Gasteiger partial charge is 0.113 e. The Balaban J connectivity index is 0.000000394. The van der Waals surface area contributed by atoms with E-state index in [1.807, 2.05) is 24.3 Å². The van der Waals surface area contributed by atoms with E-state index in [9.17, 15) is 0 Å². The van der Waals surface area contributed by atoms with Crippen LogP contribution in [0.15, 0.2) is 48.5 Å². The minimum atomic E-state index is 0.373. The van der Waals surface area contributed by atoms with Crippen LogP contribution < -0.4 is 33.6 Å². The van der Waals surface area contributed by atoms with Crippen molar-refractivity contribution in [3.63, 3.8) is 0 Å². The van der Waals surface area contributed by atoms with E-state index in [-0.39, 0.29) is 0 Å². The maximum Gasteiger partial charge on any atom is 0.113 e. The summed E-state index contributed by atoms with van der Waals surface area (Å²) in [6, 6.07) is 16.6. The fourth-order valence-corrected chi connectivity index (χ4v) is 5.87. The van der Waals surface area contributed by atoms with Crippen LogP contribution in [0.5, 0.6) is 0 Å². The van der Waals surface area contributed by atoms with Gasteiger partial charge in [0.25, 0.3) is 0 Å². The van der Waals surface area contributed by atoms with Crippen LogP contribution >= 0.6 is 22.9 Å². The Bertz CT molecular complexity index is 1090. The van der Waals surface area contributed by atoms with E-state index in [0.29, 0.717) is 20.7 Å². The van der Waals surface area contributed by atoms with Crippen molar-refractivity contribution in [2.75, 3.05) is 46.7 Å². The standard InChI is InChI=1S/C22H40N2.C10H15N.C4H6ClN3S/c1-5-9-11-19(7-3)17-24(18-20(8-4)12-10-6-2)22-15-13-21(23)14-16-22;1-2-3-4-9-5-7-10(11)8-6-9;5-1-2(6)4(8)9-3(1)7/h13-16,19-20H,5-12,17-18,23H2,1-4H3;5-8H,2-4,11H2,1H3;6-8H2. The van der Waals surface area contributed by atoms with Gasteiger partial charge in [0.2, 0.25) is 0 Å². The minimum absolute atomic E-state index is 0.373. The number of hydrogen-bond donors (Lipinski definition) is 5. The molecule has 0 spiro atoms. The molecule has 2 atom stereocenters. The second-order valence-corrected chi connectivity index (χ2v) is 13.2. The number of anilines is 6. The van der Waals surface area contributed by atoms with E-state index in [1.54, 1.807) is 0 Å². The highest BCUT2D eigenvalue weighted by Crippen LogP contribution is 2.39. The van der Waals surface area contributed by atoms with Gasteiger partial charge >= 0.3 is 0 Å². The quantitative estimate of drug-likeness (QED) is 0.0985. The molecule has 0 bridgehead atoms. The van der Waals surface area contributed by atoms with Crippen LogP contribution in [0.1, 0.15) is 104 Å². The van der Waals surface area contributed by atoms with Gasteiger partial charge in [0, 0.05) is 30.2 Å². The summed E-state index contributed by atoms with van der Waals surface area (Å²) >= 11 is 6.77. The third kappa shape index (κ3) is 15.3. The molecule has 0 amide bonds. The average Bonchev–Trinajstić information content (AvgIpc) is 3.25. The number of thiophene rings is 1. The van der Waals surface area contributed by atoms with Gasteiger partial charge in [-0.05, 0) is 79.5 Å². The molecule has 3 rings (SSSR count). The SMILES string of the molecule is CCCCC(CC)CN(CC(CC)CCCC)c1ccc(N)cc1.CCCCc1ccc(N)cc1.Nc1sc(N)c(Cl)c1N. The highest BCUT2D eigenvalue weighted by atomic mass is 35.5. The summed E-state index contributed by atoms with van der Waals surface area (Å²) < 4.78 is 0. The first-order valence-corrected chi connectivity index (χ1v) is 17.8. The molecule has 3 aromatic rings. The van der Waals surface area contributed by atoms with Crippen molar-refractivity contribution in [1.29, 1.82) is 0 Å². The van der Waals surface area contributed by atoms with Gasteiger partial charge in [-0.15, -0.1) is 0 Å². The highest BCUT2D eigenvalue weighted by Gasteiger charge is 2.17. The zero-order chi connectivity index (χ0) is 32.9. The van der Waals surface area contributed by atoms with Gasteiger partial charge in [-0.25, -0.2) is 0 Å². The third-order valence-electron chi connectivity index (χ3n) is 8.04. The summed E-state index contributed by atoms with van der Waals surface area (Å²) in [6.45, 7) is 13.8. The maximum absolute atomic E-state index is 5.89. The number of hydrogen-bond acceptors (Lipinski definition) is 7. The molecule has 0 fully saturated rings. The zero-order valence-electron chi connectivity index (χ0n) is 28.1. The predicted molar refractivity (Wildman–Crippen MR) is 202 cm³/mol. The average molecular weight is 645 g/mol. The molecule has 2 aromatic carbocycles. The zero-order valence-corrected chi connectivity index (χ0v) is 29.7. The fraction of sp³-hybridized carbons (Fsp3) is 0.556. The lowest BCUT2D eigenvalue weighted by molar-refractivity contribution is 0.403. The monoisotopic (exact) mass is 644 g/mol. The summed E-state index contributed by atoms with van der Waals surface area (Å²) in [5.74, 6) is 1.59. The lowest BCUT2D eigenvalue weighted by Crippen LogP contribution is -2.34. The molecular formula is C36H61ClN6S. The largest absolute Gasteiger partial charge is 0.399 e. The van der Waals surface area contributed by atoms with Crippen LogP contribution in [0.2, 0.25) is 5.02 Å². The first-order valence-electron chi connectivity index (χ1n) is 16.6. The van der Waals surface area contributed by atoms with Crippen LogP contribution in [-0.2, 0) is 6.42 Å². The maximum atomic E-state index is 5.89. The molecule has 8 heteroatoms. The first-order chi connectivity index (χ1) is 21.1. The molecule has 2 unspecified atom stereocenters. The Morgan fingerprint density at radius 1 is 0.636 bits per heavy atom. The summed E-state index contributed by atoms with van der Waals surface area (Å²) in [4.78, 5) is 2.63. The lowest BCUT2D eigenvalue weighted by Gasteiger charge is -2.32. The number of unbranched alkanes of at least 4 members (excludes halogenated alkanes) is 3. The van der Waals surface area contributed by atoms with Crippen molar-refractivity contribution in [3.8, 4) is 0 Å². The molecule has 0 saturated heterocycles. The third-order valence-corrected chi connectivity index (χ3v) is 9.42. The van der Waals surface area contributed by atoms with E-state index in [4.69, 9.17) is 40.3 Å². The van der Waals surface area contributed by atoms with Crippen LogP contribution in [0, 0.1) is 11.8 Å². The van der Waals surface area contributed by atoms with Crippen molar-refractivity contribution in [2.45, 2.75) is 105 Å². The summed E-state index contributed by atoms with van der Waals surface area (Å²) in [5.41, 5.74) is 32.4. The van der Waals surface area contributed by atoms with Crippen molar-refractivity contribution in [2.24, 2.45) is 11.8 Å². The van der Waals surface area contributed by atoms with Crippen molar-refractivity contribution < 1.29 is 0 Å². The Hall–Kier alpha value is -2.77. The molecule has 10 N–H and O–H groups in total. The summed E-state index contributed by atoms with van der Waals surface area (Å²) in [7, 11) is 0. The van der Waals surface area contributed by atoms with Gasteiger partial charge in [-0.2, -0.15) is 0 Å². The number of halogens is 1. The molecule has 6 nitrogen and oxygen atoms in total. The molecule has 0 aliphatic rings.